The minimum atomic E-state index is 0.00621. The van der Waals surface area contributed by atoms with Gasteiger partial charge in [0.25, 0.3) is 5.91 Å². The predicted octanol–water partition coefficient (Wildman–Crippen LogP) is 5.82. The Morgan fingerprint density at radius 1 is 0.848 bits per heavy atom. The number of benzene rings is 2. The fourth-order valence-corrected chi connectivity index (χ4v) is 5.76. The molecule has 0 unspecified atom stereocenters. The van der Waals surface area contributed by atoms with Gasteiger partial charge in [-0.05, 0) is 104 Å². The van der Waals surface area contributed by atoms with Crippen LogP contribution in [0.1, 0.15) is 43.2 Å². The Labute approximate surface area is 201 Å². The molecular formula is C27H32N4OS. The number of thioether (sulfide) groups is 1. The Balaban J connectivity index is 1.32. The highest BCUT2D eigenvalue weighted by atomic mass is 32.2. The first-order valence-corrected chi connectivity index (χ1v) is 12.9. The van der Waals surface area contributed by atoms with E-state index in [1.54, 1.807) is 11.9 Å². The highest BCUT2D eigenvalue weighted by molar-refractivity contribution is 8.18. The topological polar surface area (TPSA) is 39.1 Å². The summed E-state index contributed by atoms with van der Waals surface area (Å²) in [7, 11) is 1.81. The third kappa shape index (κ3) is 4.81. The number of nitrogens with zero attached hydrogens (tertiary/aromatic N) is 4. The summed E-state index contributed by atoms with van der Waals surface area (Å²) in [5.41, 5.74) is 5.71. The van der Waals surface area contributed by atoms with Crippen LogP contribution in [0.25, 0.3) is 6.08 Å². The highest BCUT2D eigenvalue weighted by Gasteiger charge is 2.30. The van der Waals surface area contributed by atoms with Gasteiger partial charge in [-0.15, -0.1) is 0 Å². The Morgan fingerprint density at radius 2 is 1.45 bits per heavy atom. The summed E-state index contributed by atoms with van der Waals surface area (Å²) >= 11 is 1.45. The molecule has 33 heavy (non-hydrogen) atoms. The van der Waals surface area contributed by atoms with Gasteiger partial charge >= 0.3 is 0 Å². The molecule has 3 aliphatic rings. The van der Waals surface area contributed by atoms with E-state index in [0.717, 1.165) is 47.5 Å². The second-order valence-electron chi connectivity index (χ2n) is 9.17. The van der Waals surface area contributed by atoms with Gasteiger partial charge in [-0.1, -0.05) is 6.07 Å². The Bertz CT molecular complexity index is 1080. The van der Waals surface area contributed by atoms with Gasteiger partial charge in [0.2, 0.25) is 0 Å². The number of carbonyl (C=O) groups excluding carboxylic acids is 1. The van der Waals surface area contributed by atoms with Gasteiger partial charge in [0.05, 0.1) is 10.6 Å². The van der Waals surface area contributed by atoms with Gasteiger partial charge in [-0.25, -0.2) is 4.99 Å². The van der Waals surface area contributed by atoms with E-state index < -0.39 is 0 Å². The van der Waals surface area contributed by atoms with Gasteiger partial charge in [0.1, 0.15) is 0 Å². The third-order valence-electron chi connectivity index (χ3n) is 6.81. The van der Waals surface area contributed by atoms with Crippen molar-refractivity contribution >= 4 is 46.0 Å². The molecule has 1 amide bonds. The van der Waals surface area contributed by atoms with Crippen LogP contribution in [0.15, 0.2) is 52.4 Å². The number of carbonyl (C=O) groups is 1. The number of aryl methyl sites for hydroxylation is 1. The van der Waals surface area contributed by atoms with Crippen molar-refractivity contribution in [2.75, 3.05) is 43.0 Å². The summed E-state index contributed by atoms with van der Waals surface area (Å²) < 4.78 is 0. The Morgan fingerprint density at radius 3 is 2.12 bits per heavy atom. The van der Waals surface area contributed by atoms with Crippen molar-refractivity contribution in [1.29, 1.82) is 0 Å². The quantitative estimate of drug-likeness (QED) is 0.539. The number of hydrogen-bond donors (Lipinski definition) is 0. The highest BCUT2D eigenvalue weighted by Crippen LogP contribution is 2.34. The van der Waals surface area contributed by atoms with Crippen LogP contribution >= 0.6 is 11.8 Å². The lowest BCUT2D eigenvalue weighted by Gasteiger charge is -2.28. The molecule has 172 valence electrons. The number of anilines is 2. The number of likely N-dealkylation sites (N-methyl/N-ethyl adjacent to an activating group) is 1. The van der Waals surface area contributed by atoms with Crippen LogP contribution in [0.2, 0.25) is 0 Å². The van der Waals surface area contributed by atoms with E-state index in [2.05, 4.69) is 59.2 Å². The zero-order valence-corrected chi connectivity index (χ0v) is 20.4. The van der Waals surface area contributed by atoms with E-state index in [0.29, 0.717) is 0 Å². The molecular weight excluding hydrogens is 428 g/mol. The first-order valence-electron chi connectivity index (χ1n) is 12.1. The van der Waals surface area contributed by atoms with Crippen LogP contribution in [0.4, 0.5) is 17.1 Å². The number of hydrogen-bond acceptors (Lipinski definition) is 5. The van der Waals surface area contributed by atoms with E-state index in [1.165, 1.54) is 60.8 Å². The van der Waals surface area contributed by atoms with E-state index in [-0.39, 0.29) is 5.91 Å². The number of rotatable bonds is 4. The number of piperidine rings is 1. The molecule has 3 saturated heterocycles. The molecule has 0 aliphatic carbocycles. The molecule has 3 heterocycles. The monoisotopic (exact) mass is 460 g/mol. The molecule has 5 rings (SSSR count). The van der Waals surface area contributed by atoms with Crippen LogP contribution in [0.5, 0.6) is 0 Å². The summed E-state index contributed by atoms with van der Waals surface area (Å²) in [5, 5.41) is 0.725. The Hall–Kier alpha value is -2.73. The second kappa shape index (κ2) is 9.64. The lowest BCUT2D eigenvalue weighted by Crippen LogP contribution is -2.29. The van der Waals surface area contributed by atoms with Gasteiger partial charge in [-0.2, -0.15) is 0 Å². The van der Waals surface area contributed by atoms with E-state index in [9.17, 15) is 4.79 Å². The smallest absolute Gasteiger partial charge is 0.266 e. The van der Waals surface area contributed by atoms with Crippen LogP contribution < -0.4 is 9.80 Å². The lowest BCUT2D eigenvalue weighted by molar-refractivity contribution is -0.121. The second-order valence-corrected chi connectivity index (χ2v) is 10.2. The van der Waals surface area contributed by atoms with Crippen LogP contribution in [0, 0.1) is 6.92 Å². The maximum absolute atomic E-state index is 12.9. The largest absolute Gasteiger partial charge is 0.372 e. The first kappa shape index (κ1) is 22.1. The van der Waals surface area contributed by atoms with Gasteiger partial charge in [0, 0.05) is 44.6 Å². The summed E-state index contributed by atoms with van der Waals surface area (Å²) in [6.45, 7) is 6.66. The molecule has 3 aliphatic heterocycles. The zero-order valence-electron chi connectivity index (χ0n) is 19.6. The van der Waals surface area contributed by atoms with Crippen molar-refractivity contribution in [3.63, 3.8) is 0 Å². The molecule has 3 fully saturated rings. The SMILES string of the molecule is Cc1cc(N2CCCC2)ccc1/C=C1\SC(=Nc2ccc(N3CCCCC3)cc2)N(C)C1=O. The van der Waals surface area contributed by atoms with Crippen molar-refractivity contribution in [2.24, 2.45) is 4.99 Å². The van der Waals surface area contributed by atoms with Crippen molar-refractivity contribution < 1.29 is 4.79 Å². The van der Waals surface area contributed by atoms with Crippen molar-refractivity contribution in [2.45, 2.75) is 39.0 Å². The van der Waals surface area contributed by atoms with Gasteiger partial charge in [0.15, 0.2) is 5.17 Å². The first-order chi connectivity index (χ1) is 16.1. The standard InChI is InChI=1S/C27H32N4OS/c1-20-18-24(31-16-6-7-17-31)11-8-21(20)19-25-26(32)29(2)27(33-25)28-22-9-12-23(13-10-22)30-14-4-3-5-15-30/h8-13,18-19H,3-7,14-17H2,1-2H3/b25-19-,28-27?. The van der Waals surface area contributed by atoms with Crippen molar-refractivity contribution in [3.8, 4) is 0 Å². The van der Waals surface area contributed by atoms with Crippen molar-refractivity contribution in [3.05, 3.63) is 58.5 Å². The summed E-state index contributed by atoms with van der Waals surface area (Å²) in [6, 6.07) is 15.0. The van der Waals surface area contributed by atoms with Gasteiger partial charge in [-0.3, -0.25) is 9.69 Å². The number of aliphatic imine (C=N–C) groups is 1. The molecule has 0 aromatic heterocycles. The molecule has 0 radical (unpaired) electrons. The maximum Gasteiger partial charge on any atom is 0.266 e. The minimum Gasteiger partial charge on any atom is -0.372 e. The molecule has 5 nitrogen and oxygen atoms in total. The fourth-order valence-electron chi connectivity index (χ4n) is 4.79. The average molecular weight is 461 g/mol. The van der Waals surface area contributed by atoms with Gasteiger partial charge < -0.3 is 9.80 Å². The lowest BCUT2D eigenvalue weighted by atomic mass is 10.1. The molecule has 0 saturated carbocycles. The van der Waals surface area contributed by atoms with E-state index >= 15 is 0 Å². The molecule has 0 bridgehead atoms. The third-order valence-corrected chi connectivity index (χ3v) is 7.87. The summed E-state index contributed by atoms with van der Waals surface area (Å²) in [4.78, 5) is 24.9. The van der Waals surface area contributed by atoms with E-state index in [4.69, 9.17) is 4.99 Å². The summed E-state index contributed by atoms with van der Waals surface area (Å²) in [5.74, 6) is 0.00621. The normalized spacial score (nSPS) is 21.6. The zero-order chi connectivity index (χ0) is 22.8. The van der Waals surface area contributed by atoms with Crippen LogP contribution in [0.3, 0.4) is 0 Å². The average Bonchev–Trinajstić information content (AvgIpc) is 3.47. The van der Waals surface area contributed by atoms with Crippen LogP contribution in [-0.2, 0) is 4.79 Å². The molecule has 2 aromatic carbocycles. The molecule has 0 N–H and O–H groups in total. The molecule has 6 heteroatoms. The molecule has 2 aromatic rings. The van der Waals surface area contributed by atoms with Crippen molar-refractivity contribution in [1.82, 2.24) is 4.90 Å². The Kier molecular flexibility index (Phi) is 6.45. The minimum absolute atomic E-state index is 0.00621. The predicted molar refractivity (Wildman–Crippen MR) is 141 cm³/mol. The molecule has 0 spiro atoms. The maximum atomic E-state index is 12.9. The summed E-state index contributed by atoms with van der Waals surface area (Å²) in [6.07, 6.45) is 8.41. The fraction of sp³-hybridized carbons (Fsp3) is 0.407. The van der Waals surface area contributed by atoms with E-state index in [1.807, 2.05) is 6.08 Å². The molecule has 0 atom stereocenters. The number of amidine groups is 1. The van der Waals surface area contributed by atoms with Crippen LogP contribution in [-0.4, -0.2) is 49.2 Å². The number of amides is 1.